The van der Waals surface area contributed by atoms with Gasteiger partial charge in [-0.05, 0) is 6.42 Å². The van der Waals surface area contributed by atoms with Crippen molar-refractivity contribution in [2.75, 3.05) is 139 Å². The fourth-order valence-electron chi connectivity index (χ4n) is 13.5. The summed E-state index contributed by atoms with van der Waals surface area (Å²) in [6.45, 7) is -4.75. The molecule has 5 saturated heterocycles. The summed E-state index contributed by atoms with van der Waals surface area (Å²) in [4.78, 5) is 177. The zero-order valence-electron chi connectivity index (χ0n) is 69.7. The van der Waals surface area contributed by atoms with Gasteiger partial charge in [0.1, 0.15) is 109 Å². The zero-order valence-corrected chi connectivity index (χ0v) is 71.4. The van der Waals surface area contributed by atoms with Crippen molar-refractivity contribution < 1.29 is 183 Å². The van der Waals surface area contributed by atoms with Crippen molar-refractivity contribution in [3.63, 3.8) is 0 Å². The third-order valence-corrected chi connectivity index (χ3v) is 21.6. The number of hydrogen-bond donors (Lipinski definition) is 22. The molecule has 54 nitrogen and oxygen atoms in total. The summed E-state index contributed by atoms with van der Waals surface area (Å²) in [7, 11) is -7.94. The van der Waals surface area contributed by atoms with Crippen molar-refractivity contribution in [2.45, 2.75) is 213 Å². The van der Waals surface area contributed by atoms with Crippen LogP contribution in [-0.2, 0) is 128 Å². The number of likely N-dealkylation sites (tertiary alicyclic amines) is 1. The quantitative estimate of drug-likeness (QED) is 0.0166. The second-order valence-corrected chi connectivity index (χ2v) is 33.0. The number of methoxy groups -OCH3 is 1. The molecule has 0 spiro atoms. The summed E-state index contributed by atoms with van der Waals surface area (Å²) < 4.78 is 107. The van der Waals surface area contributed by atoms with Crippen LogP contribution >= 0.6 is 15.4 Å². The number of nitrogens with one attached hydrogen (secondary N) is 10. The van der Waals surface area contributed by atoms with Gasteiger partial charge in [0, 0.05) is 60.4 Å². The van der Waals surface area contributed by atoms with E-state index in [1.165, 1.54) is 29.2 Å². The number of phosphoric ester groups is 1. The first kappa shape index (κ1) is 105. The molecule has 0 aromatic carbocycles. The Morgan fingerprint density at radius 1 is 0.516 bits per heavy atom. The number of hydrogen-bond acceptors (Lipinski definition) is 40. The maximum absolute atomic E-state index is 14.5. The van der Waals surface area contributed by atoms with Crippen LogP contribution in [0.4, 0.5) is 5.82 Å². The minimum atomic E-state index is -5.15. The predicted molar refractivity (Wildman–Crippen MR) is 419 cm³/mol. The Kier molecular flexibility index (Phi) is 42.8. The van der Waals surface area contributed by atoms with Crippen molar-refractivity contribution in [1.29, 1.82) is 0 Å². The lowest BCUT2D eigenvalue weighted by molar-refractivity contribution is -0.270. The first-order valence-corrected chi connectivity index (χ1v) is 43.5. The Labute approximate surface area is 720 Å². The highest BCUT2D eigenvalue weighted by molar-refractivity contribution is 7.51. The molecule has 126 heavy (non-hydrogen) atoms. The molecule has 7 rings (SSSR count). The molecule has 23 N–H and O–H groups in total. The van der Waals surface area contributed by atoms with E-state index in [1.54, 1.807) is 0 Å². The van der Waals surface area contributed by atoms with E-state index in [-0.39, 0.29) is 75.5 Å². The van der Waals surface area contributed by atoms with Crippen LogP contribution in [0.1, 0.15) is 91.2 Å². The number of carbonyl (C=O) groups is 11. The number of phosphoric acid groups is 1. The minimum absolute atomic E-state index is 0.0377. The molecule has 22 atom stereocenters. The third-order valence-electron chi connectivity index (χ3n) is 19.9. The molecule has 0 bridgehead atoms. The number of imidazole rings is 1. The number of nitrogen functional groups attached to an aromatic ring is 1. The van der Waals surface area contributed by atoms with E-state index in [1.807, 2.05) is 0 Å². The molecular weight excluding hydrogens is 1730 g/mol. The van der Waals surface area contributed by atoms with Crippen LogP contribution in [-0.4, -0.2) is 400 Å². The first-order valence-electron chi connectivity index (χ1n) is 40.0. The normalized spacial score (nSPS) is 28.1. The smallest absolute Gasteiger partial charge is 0.394 e. The van der Waals surface area contributed by atoms with Gasteiger partial charge >= 0.3 is 15.4 Å². The number of rotatable bonds is 53. The van der Waals surface area contributed by atoms with E-state index in [4.69, 9.17) is 71.4 Å². The highest BCUT2D eigenvalue weighted by Crippen LogP contribution is 2.50. The van der Waals surface area contributed by atoms with Gasteiger partial charge in [-0.25, -0.2) is 19.5 Å². The summed E-state index contributed by atoms with van der Waals surface area (Å²) in [5.74, 6) is -7.49. The fourth-order valence-corrected chi connectivity index (χ4v) is 14.9. The van der Waals surface area contributed by atoms with E-state index in [2.05, 4.69) is 68.1 Å². The van der Waals surface area contributed by atoms with Crippen LogP contribution in [0.5, 0.6) is 0 Å². The number of aromatic nitrogens is 4. The van der Waals surface area contributed by atoms with Crippen molar-refractivity contribution in [1.82, 2.24) is 77.6 Å². The van der Waals surface area contributed by atoms with Crippen molar-refractivity contribution in [3.05, 3.63) is 12.7 Å². The molecule has 5 aliphatic rings. The number of ether oxygens (including phenoxy) is 11. The maximum Gasteiger partial charge on any atom is 0.472 e. The van der Waals surface area contributed by atoms with Gasteiger partial charge < -0.3 is 176 Å². The van der Waals surface area contributed by atoms with E-state index in [0.29, 0.717) is 0 Å². The lowest BCUT2D eigenvalue weighted by atomic mass is 9.97. The van der Waals surface area contributed by atoms with Gasteiger partial charge in [0.15, 0.2) is 30.3 Å². The van der Waals surface area contributed by atoms with E-state index < -0.39 is 333 Å². The molecule has 0 aliphatic carbocycles. The van der Waals surface area contributed by atoms with E-state index in [9.17, 15) is 118 Å². The first-order chi connectivity index (χ1) is 59.8. The maximum atomic E-state index is 14.5. The summed E-state index contributed by atoms with van der Waals surface area (Å²) in [5, 5.41) is 116. The lowest BCUT2D eigenvalue weighted by Crippen LogP contribution is -2.64. The van der Waals surface area contributed by atoms with E-state index >= 15 is 0 Å². The van der Waals surface area contributed by atoms with Gasteiger partial charge in [-0.1, -0.05) is 0 Å². The average molecular weight is 1850 g/mol. The molecule has 9 unspecified atom stereocenters. The van der Waals surface area contributed by atoms with Crippen LogP contribution in [0.2, 0.25) is 0 Å². The Hall–Kier alpha value is -8.02. The lowest BCUT2D eigenvalue weighted by Gasteiger charge is -2.42. The van der Waals surface area contributed by atoms with E-state index in [0.717, 1.165) is 27.4 Å². The number of nitrogens with two attached hydrogens (primary N) is 1. The number of nitrogens with zero attached hydrogens (tertiary/aromatic N) is 5. The molecule has 7 heterocycles. The molecule has 56 heteroatoms. The SMILES string of the molecule is CO[C@@H]1C[C@@H](COP(=O)(O)OC2C[C@H](n3cnc4c(N)ncnc43)O[C@@H]2COP(C)(=O)O)N(C(=O)CCC(=O)NC(COCCC(=O)NCNC(=O)CCO[C@@H]2OC(CO)[C@H](O)[C@H](O)C2NC(C)=O)(COCCC(=O)NCNC(=O)CCO[C@@H]2OC(CO)[C@H](O)[C@H](O)C2NC(C)=O)COCCC(=O)NCNC(=O)CCO[C@@H]2OC(CO)[C@H](O)[C@H](O)C2NC(C)=O)C1. The summed E-state index contributed by atoms with van der Waals surface area (Å²) >= 11 is 0. The Morgan fingerprint density at radius 3 is 1.30 bits per heavy atom. The molecule has 714 valence electrons. The topological polar surface area (TPSA) is 767 Å². The number of amides is 11. The summed E-state index contributed by atoms with van der Waals surface area (Å²) in [6.07, 6.45) is -23.2. The third kappa shape index (κ3) is 33.5. The molecule has 5 aliphatic heterocycles. The van der Waals surface area contributed by atoms with Gasteiger partial charge in [0.05, 0.1) is 170 Å². The largest absolute Gasteiger partial charge is 0.472 e. The zero-order chi connectivity index (χ0) is 92.6. The number of carbonyl (C=O) groups excluding carboxylic acids is 11. The number of fused-ring (bicyclic) bond motifs is 1. The highest BCUT2D eigenvalue weighted by Gasteiger charge is 2.50. The van der Waals surface area contributed by atoms with Gasteiger partial charge in [0.2, 0.25) is 65.0 Å². The monoisotopic (exact) mass is 1850 g/mol. The number of anilines is 1. The van der Waals surface area contributed by atoms with Crippen molar-refractivity contribution >= 4 is 97.4 Å². The molecule has 2 aromatic heterocycles. The molecular formula is C70H116N16O38P2. The van der Waals surface area contributed by atoms with Crippen LogP contribution < -0.4 is 58.9 Å². The second kappa shape index (κ2) is 51.4. The summed E-state index contributed by atoms with van der Waals surface area (Å²) in [5.41, 5.74) is 4.53. The molecule has 0 radical (unpaired) electrons. The molecule has 2 aromatic rings. The standard InChI is InChI=1S/C70H116N16O38P2/c1-36(90)81-55-62(104)59(101)42(23-87)121-67(55)115-17-11-49(96)75-31-72-46(93)8-14-112-28-70(29-113-15-9-47(94)73-32-76-50(97)12-18-116-68-56(82-37(2)91)63(105)60(102)43(24-88)122-68,30-114-16-10-48(95)74-33-77-51(98)13-19-117-69-57(83-38(3)92)64(106)61(103)44(25-89)123-69)84-52(99)6-7-53(100)85-22-40(111-4)20-39(85)26-119-126(109,110)124-41-21-54(120-45(41)27-118-125(5,107)108)86-35-80-58-65(71)78-34-79-66(58)86/h34-35,39-45,54-57,59-64,67-69,87-89,101-106H,6-33H2,1-5H3,(H,72,93)(H,73,94)(H,74,95)(H,75,96)(H,76,97)(H,77,98)(H,81,90)(H,82,91)(H,83,92)(H,84,99)(H,107,108)(H,109,110)(H2,71,78,79)/t39-,40+,41?,42?,43?,44?,45+,54+,55?,56?,57?,59-,60-,61-,62+,63+,64+,67+,68+,69+,70?/m0/s1. The second-order valence-electron chi connectivity index (χ2n) is 29.8. The fraction of sp³-hybridized carbons (Fsp3) is 0.771. The minimum Gasteiger partial charge on any atom is -0.394 e. The van der Waals surface area contributed by atoms with Crippen molar-refractivity contribution in [2.24, 2.45) is 0 Å². The number of aliphatic hydroxyl groups is 9. The van der Waals surface area contributed by atoms with Crippen LogP contribution in [0, 0.1) is 0 Å². The van der Waals surface area contributed by atoms with Gasteiger partial charge in [-0.3, -0.25) is 70.9 Å². The van der Waals surface area contributed by atoms with Gasteiger partial charge in [-0.15, -0.1) is 0 Å². The Bertz CT molecular complexity index is 3770. The van der Waals surface area contributed by atoms with Gasteiger partial charge in [0.25, 0.3) is 0 Å². The van der Waals surface area contributed by atoms with Gasteiger partial charge in [-0.2, -0.15) is 0 Å². The van der Waals surface area contributed by atoms with Crippen LogP contribution in [0.3, 0.4) is 0 Å². The Morgan fingerprint density at radius 2 is 0.921 bits per heavy atom. The van der Waals surface area contributed by atoms with Crippen molar-refractivity contribution in [3.8, 4) is 0 Å². The highest BCUT2D eigenvalue weighted by atomic mass is 31.2. The average Bonchev–Trinajstić information content (AvgIpc) is 1.57. The van der Waals surface area contributed by atoms with Crippen LogP contribution in [0.25, 0.3) is 11.2 Å². The molecule has 0 saturated carbocycles. The number of aliphatic hydroxyl groups excluding tert-OH is 9. The summed E-state index contributed by atoms with van der Waals surface area (Å²) in [6, 6.07) is -4.87. The predicted octanol–water partition coefficient (Wildman–Crippen LogP) is -10.9. The Balaban J connectivity index is 1.01. The molecule has 11 amide bonds. The van der Waals surface area contributed by atoms with Crippen LogP contribution in [0.15, 0.2) is 12.7 Å². The molecule has 5 fully saturated rings.